The molecule has 0 spiro atoms. The van der Waals surface area contributed by atoms with Gasteiger partial charge in [0, 0.05) is 0 Å². The van der Waals surface area contributed by atoms with Gasteiger partial charge in [-0.3, -0.25) is 0 Å². The normalized spacial score (nSPS) is 9.85. The van der Waals surface area contributed by atoms with E-state index in [2.05, 4.69) is 18.3 Å². The molecule has 0 aliphatic carbocycles. The molecule has 0 bridgehead atoms. The fourth-order valence-electron chi connectivity index (χ4n) is 1.35. The van der Waals surface area contributed by atoms with Crippen molar-refractivity contribution < 1.29 is 0 Å². The monoisotopic (exact) mass is 182 g/mol. The molecule has 0 aromatic heterocycles. The van der Waals surface area contributed by atoms with Gasteiger partial charge in [-0.05, 0) is 13.0 Å². The first-order chi connectivity index (χ1) is 6.41. The molecule has 0 saturated carbocycles. The number of nitriles is 1. The number of hydrogen-bond acceptors (Lipinski definition) is 2. The third-order valence-corrected chi connectivity index (χ3v) is 2.16. The van der Waals surface area contributed by atoms with Crippen LogP contribution in [0, 0.1) is 11.3 Å². The first kappa shape index (κ1) is 12.4. The van der Waals surface area contributed by atoms with Crippen molar-refractivity contribution in [3.05, 3.63) is 0 Å². The lowest BCUT2D eigenvalue weighted by molar-refractivity contribution is 0.573. The smallest absolute Gasteiger partial charge is 0.0840 e. The fraction of sp³-hybridized carbons (Fsp3) is 0.909. The Morgan fingerprint density at radius 3 is 2.23 bits per heavy atom. The summed E-state index contributed by atoms with van der Waals surface area (Å²) >= 11 is 0. The topological polar surface area (TPSA) is 35.8 Å². The van der Waals surface area contributed by atoms with E-state index in [1.165, 1.54) is 44.9 Å². The van der Waals surface area contributed by atoms with Crippen molar-refractivity contribution in [1.29, 1.82) is 5.26 Å². The molecule has 2 heteroatoms. The van der Waals surface area contributed by atoms with E-state index in [4.69, 9.17) is 5.26 Å². The number of rotatable bonds is 9. The van der Waals surface area contributed by atoms with E-state index in [0.717, 1.165) is 6.54 Å². The van der Waals surface area contributed by atoms with E-state index in [9.17, 15) is 0 Å². The van der Waals surface area contributed by atoms with Crippen LogP contribution in [0.15, 0.2) is 0 Å². The molecule has 2 nitrogen and oxygen atoms in total. The summed E-state index contributed by atoms with van der Waals surface area (Å²) in [7, 11) is 0. The van der Waals surface area contributed by atoms with Gasteiger partial charge in [0.15, 0.2) is 0 Å². The summed E-state index contributed by atoms with van der Waals surface area (Å²) in [6.07, 6.45) is 9.36. The van der Waals surface area contributed by atoms with Gasteiger partial charge in [0.1, 0.15) is 0 Å². The van der Waals surface area contributed by atoms with Gasteiger partial charge in [0.05, 0.1) is 12.6 Å². The second-order valence-corrected chi connectivity index (χ2v) is 3.46. The van der Waals surface area contributed by atoms with Crippen LogP contribution in [0.25, 0.3) is 0 Å². The van der Waals surface area contributed by atoms with E-state index in [-0.39, 0.29) is 0 Å². The summed E-state index contributed by atoms with van der Waals surface area (Å²) < 4.78 is 0. The summed E-state index contributed by atoms with van der Waals surface area (Å²) in [4.78, 5) is 0. The molecular formula is C11H22N2. The van der Waals surface area contributed by atoms with Crippen molar-refractivity contribution in [2.24, 2.45) is 0 Å². The summed E-state index contributed by atoms with van der Waals surface area (Å²) in [5.41, 5.74) is 0. The molecule has 0 atom stereocenters. The zero-order valence-electron chi connectivity index (χ0n) is 8.81. The highest BCUT2D eigenvalue weighted by Crippen LogP contribution is 2.05. The molecule has 0 heterocycles. The second kappa shape index (κ2) is 11.4. The van der Waals surface area contributed by atoms with Gasteiger partial charge < -0.3 is 5.32 Å². The molecule has 13 heavy (non-hydrogen) atoms. The lowest BCUT2D eigenvalue weighted by atomic mass is 10.1. The van der Waals surface area contributed by atoms with Crippen LogP contribution in [0.3, 0.4) is 0 Å². The largest absolute Gasteiger partial charge is 0.304 e. The maximum atomic E-state index is 8.25. The molecule has 0 unspecified atom stereocenters. The van der Waals surface area contributed by atoms with Gasteiger partial charge in [-0.15, -0.1) is 0 Å². The Kier molecular flexibility index (Phi) is 11.0. The molecule has 1 N–H and O–H groups in total. The zero-order chi connectivity index (χ0) is 9.78. The van der Waals surface area contributed by atoms with Gasteiger partial charge in [0.2, 0.25) is 0 Å². The molecule has 0 aromatic rings. The number of nitrogens with zero attached hydrogens (tertiary/aromatic N) is 1. The average molecular weight is 182 g/mol. The number of unbranched alkanes of at least 4 members (excludes halogenated alkanes) is 6. The Balaban J connectivity index is 2.80. The minimum atomic E-state index is 0.496. The molecular weight excluding hydrogens is 160 g/mol. The van der Waals surface area contributed by atoms with Crippen LogP contribution in [-0.4, -0.2) is 13.1 Å². The Morgan fingerprint density at radius 1 is 1.00 bits per heavy atom. The van der Waals surface area contributed by atoms with Crippen molar-refractivity contribution in [3.63, 3.8) is 0 Å². The minimum Gasteiger partial charge on any atom is -0.304 e. The highest BCUT2D eigenvalue weighted by molar-refractivity contribution is 4.72. The average Bonchev–Trinajstić information content (AvgIpc) is 2.16. The van der Waals surface area contributed by atoms with E-state index in [0.29, 0.717) is 6.54 Å². The van der Waals surface area contributed by atoms with Gasteiger partial charge in [-0.2, -0.15) is 5.26 Å². The van der Waals surface area contributed by atoms with Crippen molar-refractivity contribution in [2.75, 3.05) is 13.1 Å². The highest BCUT2D eigenvalue weighted by atomic mass is 14.8. The zero-order valence-corrected chi connectivity index (χ0v) is 8.81. The fourth-order valence-corrected chi connectivity index (χ4v) is 1.35. The molecule has 76 valence electrons. The lowest BCUT2D eigenvalue weighted by Gasteiger charge is -2.00. The summed E-state index contributed by atoms with van der Waals surface area (Å²) in [5, 5.41) is 11.3. The first-order valence-corrected chi connectivity index (χ1v) is 5.49. The van der Waals surface area contributed by atoms with Crippen LogP contribution in [0.1, 0.15) is 51.9 Å². The molecule has 0 aliphatic heterocycles. The quantitative estimate of drug-likeness (QED) is 0.439. The lowest BCUT2D eigenvalue weighted by Crippen LogP contribution is -2.14. The van der Waals surface area contributed by atoms with Crippen molar-refractivity contribution >= 4 is 0 Å². The van der Waals surface area contributed by atoms with Gasteiger partial charge >= 0.3 is 0 Å². The Hall–Kier alpha value is -0.550. The van der Waals surface area contributed by atoms with E-state index in [1.54, 1.807) is 0 Å². The van der Waals surface area contributed by atoms with Crippen LogP contribution in [0.5, 0.6) is 0 Å². The third-order valence-electron chi connectivity index (χ3n) is 2.16. The summed E-state index contributed by atoms with van der Waals surface area (Å²) in [6, 6.07) is 2.08. The maximum Gasteiger partial charge on any atom is 0.0840 e. The van der Waals surface area contributed by atoms with E-state index >= 15 is 0 Å². The van der Waals surface area contributed by atoms with Crippen LogP contribution >= 0.6 is 0 Å². The van der Waals surface area contributed by atoms with Crippen LogP contribution in [-0.2, 0) is 0 Å². The molecule has 0 rings (SSSR count). The maximum absolute atomic E-state index is 8.25. The van der Waals surface area contributed by atoms with Gasteiger partial charge in [0.25, 0.3) is 0 Å². The van der Waals surface area contributed by atoms with Crippen molar-refractivity contribution in [2.45, 2.75) is 51.9 Å². The van der Waals surface area contributed by atoms with Crippen molar-refractivity contribution in [3.8, 4) is 6.07 Å². The number of nitrogens with one attached hydrogen (secondary N) is 1. The SMILES string of the molecule is CCCCCCCCCNCC#N. The first-order valence-electron chi connectivity index (χ1n) is 5.49. The number of hydrogen-bond donors (Lipinski definition) is 1. The summed E-state index contributed by atoms with van der Waals surface area (Å²) in [5.74, 6) is 0. The predicted octanol–water partition coefficient (Wildman–Crippen LogP) is 2.85. The Morgan fingerprint density at radius 2 is 1.62 bits per heavy atom. The molecule has 0 fully saturated rings. The van der Waals surface area contributed by atoms with Gasteiger partial charge in [-0.25, -0.2) is 0 Å². The Bertz CT molecular complexity index is 127. The van der Waals surface area contributed by atoms with Crippen LogP contribution in [0.2, 0.25) is 0 Å². The van der Waals surface area contributed by atoms with Crippen molar-refractivity contribution in [1.82, 2.24) is 5.32 Å². The van der Waals surface area contributed by atoms with E-state index < -0.39 is 0 Å². The third kappa shape index (κ3) is 11.5. The predicted molar refractivity (Wildman–Crippen MR) is 56.5 cm³/mol. The standard InChI is InChI=1S/C11H22N2/c1-2-3-4-5-6-7-8-10-13-11-9-12/h13H,2-8,10-11H2,1H3. The van der Waals surface area contributed by atoms with Gasteiger partial charge in [-0.1, -0.05) is 45.4 Å². The highest BCUT2D eigenvalue weighted by Gasteiger charge is 1.90. The Labute approximate surface area is 82.3 Å². The molecule has 0 radical (unpaired) electrons. The van der Waals surface area contributed by atoms with Crippen LogP contribution < -0.4 is 5.32 Å². The summed E-state index contributed by atoms with van der Waals surface area (Å²) in [6.45, 7) is 3.74. The minimum absolute atomic E-state index is 0.496. The second-order valence-electron chi connectivity index (χ2n) is 3.46. The molecule has 0 amide bonds. The molecule has 0 aromatic carbocycles. The molecule has 0 aliphatic rings. The van der Waals surface area contributed by atoms with Crippen LogP contribution in [0.4, 0.5) is 0 Å². The van der Waals surface area contributed by atoms with E-state index in [1.807, 2.05) is 0 Å². The molecule has 0 saturated heterocycles.